The Morgan fingerprint density at radius 2 is 1.86 bits per heavy atom. The van der Waals surface area contributed by atoms with E-state index < -0.39 is 5.97 Å². The summed E-state index contributed by atoms with van der Waals surface area (Å²) in [7, 11) is 0. The predicted molar refractivity (Wildman–Crippen MR) is 116 cm³/mol. The predicted octanol–water partition coefficient (Wildman–Crippen LogP) is 4.39. The third kappa shape index (κ3) is 6.57. The number of esters is 1. The molecule has 0 aliphatic rings. The fourth-order valence-electron chi connectivity index (χ4n) is 2.51. The molecule has 2 rings (SSSR count). The van der Waals surface area contributed by atoms with Gasteiger partial charge in [0, 0.05) is 23.1 Å². The molecule has 154 valence electrons. The van der Waals surface area contributed by atoms with Crippen LogP contribution in [-0.4, -0.2) is 30.4 Å². The van der Waals surface area contributed by atoms with Gasteiger partial charge in [0.25, 0.3) is 5.91 Å². The van der Waals surface area contributed by atoms with Gasteiger partial charge in [-0.2, -0.15) is 0 Å². The zero-order valence-electron chi connectivity index (χ0n) is 17.1. The van der Waals surface area contributed by atoms with E-state index in [4.69, 9.17) is 4.74 Å². The molecule has 0 aliphatic heterocycles. The van der Waals surface area contributed by atoms with E-state index in [0.717, 1.165) is 17.6 Å². The minimum absolute atomic E-state index is 0.00106. The summed E-state index contributed by atoms with van der Waals surface area (Å²) >= 11 is 1.24. The van der Waals surface area contributed by atoms with Gasteiger partial charge >= 0.3 is 5.97 Å². The molecule has 2 amide bonds. The average Bonchev–Trinajstić information content (AvgIpc) is 3.09. The lowest BCUT2D eigenvalue weighted by Gasteiger charge is -2.12. The summed E-state index contributed by atoms with van der Waals surface area (Å²) in [5, 5.41) is 7.68. The second kappa shape index (κ2) is 10.6. The van der Waals surface area contributed by atoms with Crippen molar-refractivity contribution in [1.82, 2.24) is 5.32 Å². The Hall–Kier alpha value is -2.93. The van der Waals surface area contributed by atoms with Crippen LogP contribution in [0.25, 0.3) is 11.1 Å². The van der Waals surface area contributed by atoms with E-state index in [1.165, 1.54) is 17.4 Å². The molecule has 0 fully saturated rings. The zero-order chi connectivity index (χ0) is 21.4. The lowest BCUT2D eigenvalue weighted by Crippen LogP contribution is -2.35. The highest BCUT2D eigenvalue weighted by atomic mass is 32.1. The molecular formula is C22H26N2O4S. The molecule has 1 aromatic carbocycles. The smallest absolute Gasteiger partial charge is 0.342 e. The van der Waals surface area contributed by atoms with Gasteiger partial charge in [-0.25, -0.2) is 4.79 Å². The molecule has 1 atom stereocenters. The second-order valence-electron chi connectivity index (χ2n) is 6.88. The quantitative estimate of drug-likeness (QED) is 0.496. The third-order valence-corrected chi connectivity index (χ3v) is 4.99. The number of amides is 2. The lowest BCUT2D eigenvalue weighted by atomic mass is 10.0. The van der Waals surface area contributed by atoms with E-state index in [1.54, 1.807) is 5.38 Å². The standard InChI is InChI=1S/C22H26N2O4S/c1-5-15(4)23-19(26)12-28-22(27)20-17(16-9-7-6-8-10-16)13-29-21(20)24-18(25)11-14(2)3/h6-11,13,15H,5,12H2,1-4H3,(H,23,26)(H,24,25)/t15-/m1/s1. The van der Waals surface area contributed by atoms with Gasteiger partial charge in [-0.3, -0.25) is 9.59 Å². The van der Waals surface area contributed by atoms with Crippen LogP contribution >= 0.6 is 11.3 Å². The van der Waals surface area contributed by atoms with Crippen molar-refractivity contribution in [3.63, 3.8) is 0 Å². The number of allylic oxidation sites excluding steroid dienone is 1. The minimum atomic E-state index is -0.656. The zero-order valence-corrected chi connectivity index (χ0v) is 17.9. The topological polar surface area (TPSA) is 84.5 Å². The van der Waals surface area contributed by atoms with Gasteiger partial charge in [-0.05, 0) is 32.8 Å². The second-order valence-corrected chi connectivity index (χ2v) is 7.76. The summed E-state index contributed by atoms with van der Waals surface area (Å²) in [5.41, 5.74) is 2.55. The molecule has 2 aromatic rings. The van der Waals surface area contributed by atoms with Crippen LogP contribution in [0.15, 0.2) is 47.4 Å². The Kier molecular flexibility index (Phi) is 8.15. The van der Waals surface area contributed by atoms with Gasteiger partial charge in [-0.1, -0.05) is 42.8 Å². The van der Waals surface area contributed by atoms with Crippen molar-refractivity contribution in [2.75, 3.05) is 11.9 Å². The molecule has 0 saturated heterocycles. The van der Waals surface area contributed by atoms with Crippen LogP contribution in [0.1, 0.15) is 44.5 Å². The number of carbonyl (C=O) groups excluding carboxylic acids is 3. The van der Waals surface area contributed by atoms with Crippen molar-refractivity contribution in [2.24, 2.45) is 0 Å². The first-order valence-corrected chi connectivity index (χ1v) is 10.3. The summed E-state index contributed by atoms with van der Waals surface area (Å²) in [6.07, 6.45) is 2.24. The van der Waals surface area contributed by atoms with Crippen molar-refractivity contribution in [2.45, 2.75) is 40.2 Å². The number of rotatable bonds is 8. The van der Waals surface area contributed by atoms with Gasteiger partial charge in [0.2, 0.25) is 5.91 Å². The summed E-state index contributed by atoms with van der Waals surface area (Å²) < 4.78 is 5.25. The maximum absolute atomic E-state index is 12.8. The summed E-state index contributed by atoms with van der Waals surface area (Å²) in [6, 6.07) is 9.35. The van der Waals surface area contributed by atoms with Crippen LogP contribution in [0.4, 0.5) is 5.00 Å². The molecule has 7 heteroatoms. The van der Waals surface area contributed by atoms with Crippen LogP contribution in [0.5, 0.6) is 0 Å². The van der Waals surface area contributed by atoms with Crippen molar-refractivity contribution >= 4 is 34.1 Å². The van der Waals surface area contributed by atoms with Gasteiger partial charge in [0.1, 0.15) is 10.6 Å². The Morgan fingerprint density at radius 1 is 1.17 bits per heavy atom. The van der Waals surface area contributed by atoms with Gasteiger partial charge in [0.05, 0.1) is 0 Å². The first-order valence-electron chi connectivity index (χ1n) is 9.41. The summed E-state index contributed by atoms with van der Waals surface area (Å²) in [6.45, 7) is 7.08. The molecule has 0 unspecified atom stereocenters. The van der Waals surface area contributed by atoms with E-state index in [2.05, 4.69) is 10.6 Å². The Bertz CT molecular complexity index is 899. The number of anilines is 1. The molecule has 1 heterocycles. The van der Waals surface area contributed by atoms with Crippen molar-refractivity contribution in [1.29, 1.82) is 0 Å². The monoisotopic (exact) mass is 414 g/mol. The van der Waals surface area contributed by atoms with Gasteiger partial charge < -0.3 is 15.4 Å². The number of hydrogen-bond donors (Lipinski definition) is 2. The molecule has 6 nitrogen and oxygen atoms in total. The fourth-order valence-corrected chi connectivity index (χ4v) is 3.48. The molecule has 29 heavy (non-hydrogen) atoms. The number of nitrogens with one attached hydrogen (secondary N) is 2. The summed E-state index contributed by atoms with van der Waals surface area (Å²) in [4.78, 5) is 37.0. The molecule has 0 aliphatic carbocycles. The van der Waals surface area contributed by atoms with Crippen molar-refractivity contribution in [3.8, 4) is 11.1 Å². The van der Waals surface area contributed by atoms with E-state index >= 15 is 0 Å². The maximum atomic E-state index is 12.8. The average molecular weight is 415 g/mol. The molecule has 1 aromatic heterocycles. The van der Waals surface area contributed by atoms with Crippen LogP contribution in [-0.2, 0) is 14.3 Å². The fraction of sp³-hybridized carbons (Fsp3) is 0.318. The van der Waals surface area contributed by atoms with Crippen molar-refractivity contribution in [3.05, 3.63) is 52.9 Å². The van der Waals surface area contributed by atoms with Gasteiger partial charge in [-0.15, -0.1) is 11.3 Å². The number of hydrogen-bond acceptors (Lipinski definition) is 5. The third-order valence-electron chi connectivity index (χ3n) is 4.09. The van der Waals surface area contributed by atoms with Crippen LogP contribution < -0.4 is 10.6 Å². The Morgan fingerprint density at radius 3 is 2.48 bits per heavy atom. The van der Waals surface area contributed by atoms with Crippen LogP contribution in [0, 0.1) is 0 Å². The molecule has 0 radical (unpaired) electrons. The number of thiophene rings is 1. The highest BCUT2D eigenvalue weighted by Crippen LogP contribution is 2.36. The maximum Gasteiger partial charge on any atom is 0.342 e. The highest BCUT2D eigenvalue weighted by molar-refractivity contribution is 7.15. The first kappa shape index (κ1) is 22.4. The molecule has 0 spiro atoms. The Labute approximate surface area is 175 Å². The molecule has 2 N–H and O–H groups in total. The van der Waals surface area contributed by atoms with E-state index in [9.17, 15) is 14.4 Å². The van der Waals surface area contributed by atoms with Crippen LogP contribution in [0.2, 0.25) is 0 Å². The number of benzene rings is 1. The summed E-state index contributed by atoms with van der Waals surface area (Å²) in [5.74, 6) is -1.34. The number of ether oxygens (including phenoxy) is 1. The molecular weight excluding hydrogens is 388 g/mol. The van der Waals surface area contributed by atoms with E-state index in [0.29, 0.717) is 10.6 Å². The minimum Gasteiger partial charge on any atom is -0.452 e. The SMILES string of the molecule is CC[C@@H](C)NC(=O)COC(=O)c1c(-c2ccccc2)csc1NC(=O)C=C(C)C. The normalized spacial score (nSPS) is 11.3. The number of carbonyl (C=O) groups is 3. The van der Waals surface area contributed by atoms with Crippen LogP contribution in [0.3, 0.4) is 0 Å². The van der Waals surface area contributed by atoms with Crippen molar-refractivity contribution < 1.29 is 19.1 Å². The highest BCUT2D eigenvalue weighted by Gasteiger charge is 2.23. The lowest BCUT2D eigenvalue weighted by molar-refractivity contribution is -0.124. The molecule has 0 saturated carbocycles. The Balaban J connectivity index is 2.27. The van der Waals surface area contributed by atoms with E-state index in [-0.39, 0.29) is 30.0 Å². The van der Waals surface area contributed by atoms with Gasteiger partial charge in [0.15, 0.2) is 6.61 Å². The first-order chi connectivity index (χ1) is 13.8. The molecule has 0 bridgehead atoms. The van der Waals surface area contributed by atoms with E-state index in [1.807, 2.05) is 58.0 Å². The largest absolute Gasteiger partial charge is 0.452 e.